The van der Waals surface area contributed by atoms with Crippen LogP contribution in [0.4, 0.5) is 5.69 Å². The first-order valence-electron chi connectivity index (χ1n) is 11.3. The molecule has 0 aliphatic heterocycles. The maximum atomic E-state index is 13.5. The first-order chi connectivity index (χ1) is 15.3. The molecule has 2 aromatic rings. The van der Waals surface area contributed by atoms with Gasteiger partial charge < -0.3 is 5.32 Å². The Hall–Kier alpha value is -1.99. The second-order valence-electron chi connectivity index (χ2n) is 8.57. The standard InChI is InChI=1S/C25H34N2O3S2/c1-19-9-13-24(14-10-19)32(29,30)27(22-12-11-20(2)21(3)17-22)18-25(28)26-15-16-31-23-7-5-4-6-8-23/h9-14,17,23H,4-8,15-16,18H2,1-3H3,(H,26,28). The molecule has 0 saturated heterocycles. The van der Waals surface area contributed by atoms with E-state index in [4.69, 9.17) is 0 Å². The van der Waals surface area contributed by atoms with Crippen LogP contribution in [0.25, 0.3) is 0 Å². The summed E-state index contributed by atoms with van der Waals surface area (Å²) in [6, 6.07) is 12.2. The third-order valence-corrected chi connectivity index (χ3v) is 9.18. The SMILES string of the molecule is Cc1ccc(S(=O)(=O)N(CC(=O)NCCSC2CCCCC2)c2ccc(C)c(C)c2)cc1. The molecule has 0 unspecified atom stereocenters. The summed E-state index contributed by atoms with van der Waals surface area (Å²) in [6.07, 6.45) is 6.44. The number of rotatable bonds is 9. The van der Waals surface area contributed by atoms with Crippen molar-refractivity contribution in [2.45, 2.75) is 63.0 Å². The summed E-state index contributed by atoms with van der Waals surface area (Å²) in [5, 5.41) is 3.60. The van der Waals surface area contributed by atoms with Gasteiger partial charge in [0.05, 0.1) is 10.6 Å². The summed E-state index contributed by atoms with van der Waals surface area (Å²) in [7, 11) is -3.88. The van der Waals surface area contributed by atoms with Crippen molar-refractivity contribution in [3.63, 3.8) is 0 Å². The van der Waals surface area contributed by atoms with Gasteiger partial charge in [-0.25, -0.2) is 8.42 Å². The van der Waals surface area contributed by atoms with E-state index in [2.05, 4.69) is 5.32 Å². The van der Waals surface area contributed by atoms with E-state index in [9.17, 15) is 13.2 Å². The van der Waals surface area contributed by atoms with Crippen LogP contribution < -0.4 is 9.62 Å². The van der Waals surface area contributed by atoms with E-state index >= 15 is 0 Å². The number of carbonyl (C=O) groups excluding carboxylic acids is 1. The van der Waals surface area contributed by atoms with Crippen LogP contribution in [0, 0.1) is 20.8 Å². The Morgan fingerprint density at radius 1 is 1.00 bits per heavy atom. The summed E-state index contributed by atoms with van der Waals surface area (Å²) >= 11 is 1.92. The van der Waals surface area contributed by atoms with Crippen molar-refractivity contribution >= 4 is 33.4 Å². The molecule has 1 amide bonds. The number of amides is 1. The zero-order valence-electron chi connectivity index (χ0n) is 19.3. The van der Waals surface area contributed by atoms with Crippen molar-refractivity contribution in [3.8, 4) is 0 Å². The Balaban J connectivity index is 1.71. The molecule has 0 atom stereocenters. The van der Waals surface area contributed by atoms with E-state index in [0.29, 0.717) is 17.5 Å². The fourth-order valence-electron chi connectivity index (χ4n) is 3.87. The summed E-state index contributed by atoms with van der Waals surface area (Å²) in [4.78, 5) is 12.9. The number of aryl methyl sites for hydroxylation is 3. The Kier molecular flexibility index (Phi) is 8.65. The molecule has 1 saturated carbocycles. The van der Waals surface area contributed by atoms with Gasteiger partial charge in [-0.1, -0.05) is 43.0 Å². The number of hydrogen-bond acceptors (Lipinski definition) is 4. The van der Waals surface area contributed by atoms with Gasteiger partial charge in [-0.15, -0.1) is 0 Å². The van der Waals surface area contributed by atoms with Crippen LogP contribution in [0.15, 0.2) is 47.4 Å². The minimum Gasteiger partial charge on any atom is -0.354 e. The topological polar surface area (TPSA) is 66.5 Å². The van der Waals surface area contributed by atoms with E-state index < -0.39 is 10.0 Å². The number of benzene rings is 2. The van der Waals surface area contributed by atoms with Gasteiger partial charge >= 0.3 is 0 Å². The van der Waals surface area contributed by atoms with Gasteiger partial charge in [-0.2, -0.15) is 11.8 Å². The van der Waals surface area contributed by atoms with Gasteiger partial charge in [0.15, 0.2) is 0 Å². The summed E-state index contributed by atoms with van der Waals surface area (Å²) in [6.45, 7) is 6.14. The van der Waals surface area contributed by atoms with Crippen molar-refractivity contribution in [2.24, 2.45) is 0 Å². The van der Waals surface area contributed by atoms with Crippen molar-refractivity contribution in [1.29, 1.82) is 0 Å². The molecule has 7 heteroatoms. The van der Waals surface area contributed by atoms with Crippen LogP contribution in [0.2, 0.25) is 0 Å². The Labute approximate surface area is 197 Å². The molecule has 0 bridgehead atoms. The van der Waals surface area contributed by atoms with Crippen molar-refractivity contribution in [1.82, 2.24) is 5.32 Å². The predicted molar refractivity (Wildman–Crippen MR) is 134 cm³/mol. The summed E-state index contributed by atoms with van der Waals surface area (Å²) in [5.41, 5.74) is 3.54. The Bertz CT molecular complexity index is 1010. The Morgan fingerprint density at radius 3 is 2.34 bits per heavy atom. The van der Waals surface area contributed by atoms with Crippen molar-refractivity contribution in [2.75, 3.05) is 23.1 Å². The first-order valence-corrected chi connectivity index (χ1v) is 13.8. The molecule has 2 aromatic carbocycles. The number of sulfonamides is 1. The maximum Gasteiger partial charge on any atom is 0.264 e. The van der Waals surface area contributed by atoms with Crippen LogP contribution in [0.3, 0.4) is 0 Å². The lowest BCUT2D eigenvalue weighted by Crippen LogP contribution is -2.41. The molecular formula is C25H34N2O3S2. The molecule has 5 nitrogen and oxygen atoms in total. The van der Waals surface area contributed by atoms with Gasteiger partial charge in [-0.3, -0.25) is 9.10 Å². The first kappa shape index (κ1) is 24.6. The van der Waals surface area contributed by atoms with E-state index in [1.54, 1.807) is 30.3 Å². The van der Waals surface area contributed by atoms with E-state index in [-0.39, 0.29) is 17.3 Å². The number of anilines is 1. The predicted octanol–water partition coefficient (Wildman–Crippen LogP) is 4.99. The summed E-state index contributed by atoms with van der Waals surface area (Å²) in [5.74, 6) is 0.563. The van der Waals surface area contributed by atoms with Gasteiger partial charge in [-0.05, 0) is 69.0 Å². The zero-order valence-corrected chi connectivity index (χ0v) is 20.9. The highest BCUT2D eigenvalue weighted by Gasteiger charge is 2.27. The molecule has 0 aromatic heterocycles. The second kappa shape index (κ2) is 11.2. The number of nitrogens with one attached hydrogen (secondary N) is 1. The van der Waals surface area contributed by atoms with E-state index in [0.717, 1.165) is 22.4 Å². The van der Waals surface area contributed by atoms with Crippen molar-refractivity contribution < 1.29 is 13.2 Å². The normalized spacial score (nSPS) is 14.8. The molecule has 32 heavy (non-hydrogen) atoms. The minimum absolute atomic E-state index is 0.182. The largest absolute Gasteiger partial charge is 0.354 e. The highest BCUT2D eigenvalue weighted by Crippen LogP contribution is 2.28. The average molecular weight is 475 g/mol. The zero-order chi connectivity index (χ0) is 23.1. The maximum absolute atomic E-state index is 13.5. The molecule has 174 valence electrons. The van der Waals surface area contributed by atoms with Crippen LogP contribution in [0.5, 0.6) is 0 Å². The van der Waals surface area contributed by atoms with Gasteiger partial charge in [0, 0.05) is 17.5 Å². The van der Waals surface area contributed by atoms with Gasteiger partial charge in [0.25, 0.3) is 10.0 Å². The highest BCUT2D eigenvalue weighted by atomic mass is 32.2. The lowest BCUT2D eigenvalue weighted by atomic mass is 10.0. The van der Waals surface area contributed by atoms with E-state index in [1.165, 1.54) is 36.4 Å². The molecule has 0 heterocycles. The average Bonchev–Trinajstić information content (AvgIpc) is 2.78. The molecule has 1 aliphatic carbocycles. The molecule has 1 aliphatic rings. The van der Waals surface area contributed by atoms with Crippen LogP contribution >= 0.6 is 11.8 Å². The minimum atomic E-state index is -3.88. The van der Waals surface area contributed by atoms with Crippen molar-refractivity contribution in [3.05, 3.63) is 59.2 Å². The second-order valence-corrected chi connectivity index (χ2v) is 11.8. The Morgan fingerprint density at radius 2 is 1.69 bits per heavy atom. The molecule has 3 rings (SSSR count). The monoisotopic (exact) mass is 474 g/mol. The third-order valence-electron chi connectivity index (χ3n) is 6.00. The molecule has 0 spiro atoms. The fraction of sp³-hybridized carbons (Fsp3) is 0.480. The van der Waals surface area contributed by atoms with Gasteiger partial charge in [0.2, 0.25) is 5.91 Å². The molecule has 1 N–H and O–H groups in total. The smallest absolute Gasteiger partial charge is 0.264 e. The third kappa shape index (κ3) is 6.51. The number of nitrogens with zero attached hydrogens (tertiary/aromatic N) is 1. The molecular weight excluding hydrogens is 440 g/mol. The lowest BCUT2D eigenvalue weighted by Gasteiger charge is -2.25. The van der Waals surface area contributed by atoms with E-state index in [1.807, 2.05) is 44.7 Å². The molecule has 1 fully saturated rings. The molecule has 0 radical (unpaired) electrons. The van der Waals surface area contributed by atoms with Gasteiger partial charge in [0.1, 0.15) is 6.54 Å². The van der Waals surface area contributed by atoms with Crippen LogP contribution in [0.1, 0.15) is 48.8 Å². The number of thioether (sulfide) groups is 1. The number of carbonyl (C=O) groups is 1. The lowest BCUT2D eigenvalue weighted by molar-refractivity contribution is -0.119. The summed E-state index contributed by atoms with van der Waals surface area (Å²) < 4.78 is 28.1. The fourth-order valence-corrected chi connectivity index (χ4v) is 6.50. The quantitative estimate of drug-likeness (QED) is 0.520. The van der Waals surface area contributed by atoms with Crippen LogP contribution in [-0.4, -0.2) is 38.4 Å². The van der Waals surface area contributed by atoms with Crippen LogP contribution in [-0.2, 0) is 14.8 Å². The number of hydrogen-bond donors (Lipinski definition) is 1. The highest BCUT2D eigenvalue weighted by molar-refractivity contribution is 7.99.